The Bertz CT molecular complexity index is 1300. The van der Waals surface area contributed by atoms with Gasteiger partial charge in [-0.15, -0.1) is 0 Å². The number of benzene rings is 3. The molecule has 0 amide bonds. The fraction of sp³-hybridized carbons (Fsp3) is 0.333. The Kier molecular flexibility index (Phi) is 10.6. The summed E-state index contributed by atoms with van der Waals surface area (Å²) in [7, 11) is 0. The minimum atomic E-state index is -0.371. The molecule has 4 rings (SSSR count). The molecule has 0 radical (unpaired) electrons. The number of carbonyl (C=O) groups excluding carboxylic acids is 1. The third kappa shape index (κ3) is 8.74. The Hall–Kier alpha value is -4.06. The number of ether oxygens (including phenoxy) is 3. The molecule has 204 valence electrons. The van der Waals surface area contributed by atoms with Gasteiger partial charge in [0.25, 0.3) is 0 Å². The van der Waals surface area contributed by atoms with Gasteiger partial charge < -0.3 is 18.6 Å². The maximum atomic E-state index is 11.8. The van der Waals surface area contributed by atoms with Crippen LogP contribution in [0.4, 0.5) is 0 Å². The van der Waals surface area contributed by atoms with E-state index in [-0.39, 0.29) is 12.6 Å². The first-order chi connectivity index (χ1) is 19.1. The average molecular weight is 528 g/mol. The van der Waals surface area contributed by atoms with Crippen LogP contribution >= 0.6 is 0 Å². The van der Waals surface area contributed by atoms with Crippen LogP contribution in [-0.4, -0.2) is 30.8 Å². The van der Waals surface area contributed by atoms with Crippen LogP contribution in [0.1, 0.15) is 48.8 Å². The molecule has 1 heterocycles. The highest BCUT2D eigenvalue weighted by molar-refractivity contribution is 5.71. The van der Waals surface area contributed by atoms with Crippen molar-refractivity contribution in [2.24, 2.45) is 0 Å². The highest BCUT2D eigenvalue weighted by Gasteiger charge is 2.13. The molecular weight excluding hydrogens is 490 g/mol. The molecule has 39 heavy (non-hydrogen) atoms. The predicted molar refractivity (Wildman–Crippen MR) is 152 cm³/mol. The van der Waals surface area contributed by atoms with E-state index in [1.54, 1.807) is 6.92 Å². The van der Waals surface area contributed by atoms with Crippen LogP contribution in [0.15, 0.2) is 83.3 Å². The Labute approximate surface area is 230 Å². The lowest BCUT2D eigenvalue weighted by Gasteiger charge is -2.14. The van der Waals surface area contributed by atoms with Gasteiger partial charge in [0, 0.05) is 12.0 Å². The third-order valence-electron chi connectivity index (χ3n) is 6.46. The third-order valence-corrected chi connectivity index (χ3v) is 6.46. The molecule has 0 atom stereocenters. The van der Waals surface area contributed by atoms with Crippen LogP contribution in [-0.2, 0) is 28.8 Å². The maximum absolute atomic E-state index is 11.8. The lowest BCUT2D eigenvalue weighted by Crippen LogP contribution is -2.15. The average Bonchev–Trinajstić information content (AvgIpc) is 3.33. The van der Waals surface area contributed by atoms with Crippen molar-refractivity contribution in [2.75, 3.05) is 19.8 Å². The number of unbranched alkanes of at least 4 members (excludes halogenated alkanes) is 2. The number of hydrogen-bond acceptors (Lipinski definition) is 6. The van der Waals surface area contributed by atoms with Gasteiger partial charge in [-0.05, 0) is 81.0 Å². The Morgan fingerprint density at radius 1 is 0.846 bits per heavy atom. The molecule has 0 saturated heterocycles. The first-order valence-corrected chi connectivity index (χ1v) is 13.7. The molecule has 6 heteroatoms. The minimum absolute atomic E-state index is 0.107. The monoisotopic (exact) mass is 527 g/mol. The molecule has 0 aliphatic rings. The molecule has 0 N–H and O–H groups in total. The molecule has 3 aromatic carbocycles. The zero-order valence-corrected chi connectivity index (χ0v) is 22.9. The number of esters is 1. The SMILES string of the molecule is CCOC(=O)COc1ccc(OCCc2nc(-c3ccccc3)oc2C)cc1CCCCCc1ccccc1. The number of nitrogens with zero attached hydrogens (tertiary/aromatic N) is 1. The molecule has 0 spiro atoms. The quantitative estimate of drug-likeness (QED) is 0.121. The van der Waals surface area contributed by atoms with Gasteiger partial charge in [-0.1, -0.05) is 55.0 Å². The highest BCUT2D eigenvalue weighted by atomic mass is 16.6. The summed E-state index contributed by atoms with van der Waals surface area (Å²) in [4.78, 5) is 16.5. The molecule has 0 unspecified atom stereocenters. The van der Waals surface area contributed by atoms with Crippen molar-refractivity contribution in [3.05, 3.63) is 101 Å². The first kappa shape index (κ1) is 28.0. The Morgan fingerprint density at radius 2 is 1.59 bits per heavy atom. The molecule has 0 aliphatic heterocycles. The number of carbonyl (C=O) groups is 1. The van der Waals surface area contributed by atoms with Crippen LogP contribution in [0.2, 0.25) is 0 Å². The molecule has 0 aliphatic carbocycles. The number of hydrogen-bond donors (Lipinski definition) is 0. The highest BCUT2D eigenvalue weighted by Crippen LogP contribution is 2.27. The number of rotatable bonds is 15. The van der Waals surface area contributed by atoms with Gasteiger partial charge in [0.1, 0.15) is 17.3 Å². The van der Waals surface area contributed by atoms with Crippen molar-refractivity contribution < 1.29 is 23.4 Å². The van der Waals surface area contributed by atoms with Gasteiger partial charge in [-0.2, -0.15) is 0 Å². The summed E-state index contributed by atoms with van der Waals surface area (Å²) in [5.74, 6) is 2.52. The number of aromatic nitrogens is 1. The second kappa shape index (κ2) is 14.8. The van der Waals surface area contributed by atoms with Crippen molar-refractivity contribution in [3.8, 4) is 23.0 Å². The van der Waals surface area contributed by atoms with E-state index in [9.17, 15) is 4.79 Å². The van der Waals surface area contributed by atoms with E-state index in [1.807, 2.05) is 61.5 Å². The number of oxazole rings is 1. The van der Waals surface area contributed by atoms with E-state index in [0.717, 1.165) is 60.4 Å². The summed E-state index contributed by atoms with van der Waals surface area (Å²) >= 11 is 0. The lowest BCUT2D eigenvalue weighted by molar-refractivity contribution is -0.145. The zero-order chi connectivity index (χ0) is 27.3. The fourth-order valence-corrected chi connectivity index (χ4v) is 4.42. The molecule has 0 fully saturated rings. The Morgan fingerprint density at radius 3 is 2.36 bits per heavy atom. The predicted octanol–water partition coefficient (Wildman–Crippen LogP) is 7.17. The Balaban J connectivity index is 1.33. The molecule has 0 saturated carbocycles. The van der Waals surface area contributed by atoms with Gasteiger partial charge >= 0.3 is 5.97 Å². The summed E-state index contributed by atoms with van der Waals surface area (Å²) in [5.41, 5.74) is 4.24. The van der Waals surface area contributed by atoms with Crippen LogP contribution in [0.3, 0.4) is 0 Å². The first-order valence-electron chi connectivity index (χ1n) is 13.7. The van der Waals surface area contributed by atoms with E-state index in [4.69, 9.17) is 18.6 Å². The second-order valence-electron chi connectivity index (χ2n) is 9.40. The number of aryl methyl sites for hydroxylation is 3. The molecule has 4 aromatic rings. The minimum Gasteiger partial charge on any atom is -0.493 e. The van der Waals surface area contributed by atoms with Crippen LogP contribution in [0.5, 0.6) is 11.5 Å². The van der Waals surface area contributed by atoms with E-state index in [0.29, 0.717) is 31.3 Å². The zero-order valence-electron chi connectivity index (χ0n) is 22.9. The maximum Gasteiger partial charge on any atom is 0.344 e. The fourth-order valence-electron chi connectivity index (χ4n) is 4.42. The largest absolute Gasteiger partial charge is 0.493 e. The van der Waals surface area contributed by atoms with Gasteiger partial charge in [-0.25, -0.2) is 9.78 Å². The standard InChI is InChI=1S/C33H37NO5/c1-3-36-32(35)24-38-31-20-19-29(23-28(31)18-12-5-9-15-26-13-7-4-8-14-26)37-22-21-30-25(2)39-33(34-30)27-16-10-6-11-17-27/h4,6-8,10-11,13-14,16-17,19-20,23H,3,5,9,12,15,18,21-22,24H2,1-2H3. The molecular formula is C33H37NO5. The van der Waals surface area contributed by atoms with E-state index in [2.05, 4.69) is 29.2 Å². The lowest BCUT2D eigenvalue weighted by atomic mass is 10.0. The van der Waals surface area contributed by atoms with Crippen molar-refractivity contribution in [1.29, 1.82) is 0 Å². The molecule has 1 aromatic heterocycles. The smallest absolute Gasteiger partial charge is 0.344 e. The van der Waals surface area contributed by atoms with Gasteiger partial charge in [0.15, 0.2) is 6.61 Å². The van der Waals surface area contributed by atoms with Crippen molar-refractivity contribution in [2.45, 2.75) is 52.4 Å². The topological polar surface area (TPSA) is 70.8 Å². The van der Waals surface area contributed by atoms with Crippen LogP contribution < -0.4 is 9.47 Å². The van der Waals surface area contributed by atoms with Gasteiger partial charge in [-0.3, -0.25) is 0 Å². The summed E-state index contributed by atoms with van der Waals surface area (Å²) in [6.07, 6.45) is 5.80. The van der Waals surface area contributed by atoms with Gasteiger partial charge in [0.2, 0.25) is 5.89 Å². The van der Waals surface area contributed by atoms with E-state index >= 15 is 0 Å². The van der Waals surface area contributed by atoms with Crippen molar-refractivity contribution >= 4 is 5.97 Å². The second-order valence-corrected chi connectivity index (χ2v) is 9.40. The summed E-state index contributed by atoms with van der Waals surface area (Å²) in [5, 5.41) is 0. The summed E-state index contributed by atoms with van der Waals surface area (Å²) in [6.45, 7) is 4.42. The normalized spacial score (nSPS) is 10.8. The van der Waals surface area contributed by atoms with Crippen LogP contribution in [0.25, 0.3) is 11.5 Å². The molecule has 6 nitrogen and oxygen atoms in total. The van der Waals surface area contributed by atoms with Crippen molar-refractivity contribution in [3.63, 3.8) is 0 Å². The van der Waals surface area contributed by atoms with Crippen LogP contribution in [0, 0.1) is 6.92 Å². The van der Waals surface area contributed by atoms with E-state index in [1.165, 1.54) is 5.56 Å². The van der Waals surface area contributed by atoms with Crippen molar-refractivity contribution in [1.82, 2.24) is 4.98 Å². The molecule has 0 bridgehead atoms. The van der Waals surface area contributed by atoms with E-state index < -0.39 is 0 Å². The van der Waals surface area contributed by atoms with Gasteiger partial charge in [0.05, 0.1) is 18.9 Å². The summed E-state index contributed by atoms with van der Waals surface area (Å²) in [6, 6.07) is 26.2. The summed E-state index contributed by atoms with van der Waals surface area (Å²) < 4.78 is 22.8.